The molecule has 0 saturated heterocycles. The van der Waals surface area contributed by atoms with E-state index in [0.717, 1.165) is 13.0 Å². The van der Waals surface area contributed by atoms with Gasteiger partial charge in [-0.25, -0.2) is 14.4 Å². The van der Waals surface area contributed by atoms with E-state index in [1.165, 1.54) is 0 Å². The Hall–Kier alpha value is -2.44. The third-order valence-electron chi connectivity index (χ3n) is 2.63. The first-order valence-corrected chi connectivity index (χ1v) is 4.90. The van der Waals surface area contributed by atoms with Gasteiger partial charge in [-0.05, 0) is 19.4 Å². The van der Waals surface area contributed by atoms with Crippen LogP contribution in [0.1, 0.15) is 13.3 Å². The maximum Gasteiger partial charge on any atom is 0.336 e. The summed E-state index contributed by atoms with van der Waals surface area (Å²) >= 11 is 0. The first-order chi connectivity index (χ1) is 8.25. The Labute approximate surface area is 101 Å². The molecule has 3 N–H and O–H groups in total. The lowest BCUT2D eigenvalue weighted by atomic mass is 9.81. The number of Topliss-reactive ketones (excluding diaryl/α,β-unsaturated/α-hetero) is 1. The van der Waals surface area contributed by atoms with Crippen LogP contribution in [0.25, 0.3) is 0 Å². The normalized spacial score (nSPS) is 19.2. The molecule has 0 fully saturated rings. The zero-order valence-corrected chi connectivity index (χ0v) is 9.34. The lowest BCUT2D eigenvalue weighted by Gasteiger charge is -2.20. The van der Waals surface area contributed by atoms with Crippen molar-refractivity contribution < 1.29 is 34.5 Å². The molecule has 0 saturated carbocycles. The van der Waals surface area contributed by atoms with Crippen LogP contribution in [0.5, 0.6) is 0 Å². The molecule has 1 atom stereocenters. The number of ketones is 1. The predicted octanol–water partition coefficient (Wildman–Crippen LogP) is 0.0721. The van der Waals surface area contributed by atoms with E-state index in [4.69, 9.17) is 15.3 Å². The molecule has 0 spiro atoms. The highest BCUT2D eigenvalue weighted by Gasteiger charge is 2.34. The molecule has 0 heterocycles. The van der Waals surface area contributed by atoms with Crippen molar-refractivity contribution in [2.75, 3.05) is 0 Å². The average molecular weight is 254 g/mol. The van der Waals surface area contributed by atoms with Gasteiger partial charge in [0, 0.05) is 5.57 Å². The Balaban J connectivity index is 3.42. The van der Waals surface area contributed by atoms with Gasteiger partial charge >= 0.3 is 17.9 Å². The first kappa shape index (κ1) is 13.6. The molecule has 1 aliphatic carbocycles. The molecule has 0 aromatic rings. The lowest BCUT2D eigenvalue weighted by molar-refractivity contribution is -0.137. The van der Waals surface area contributed by atoms with Gasteiger partial charge in [-0.1, -0.05) is 0 Å². The van der Waals surface area contributed by atoms with Crippen molar-refractivity contribution in [1.82, 2.24) is 0 Å². The summed E-state index contributed by atoms with van der Waals surface area (Å²) in [6, 6.07) is 0. The average Bonchev–Trinajstić information content (AvgIpc) is 2.26. The molecule has 0 bridgehead atoms. The van der Waals surface area contributed by atoms with Gasteiger partial charge in [0.1, 0.15) is 5.78 Å². The Bertz CT molecular complexity index is 509. The Morgan fingerprint density at radius 1 is 1.06 bits per heavy atom. The van der Waals surface area contributed by atoms with E-state index < -0.39 is 52.7 Å². The Morgan fingerprint density at radius 3 is 1.94 bits per heavy atom. The summed E-state index contributed by atoms with van der Waals surface area (Å²) in [7, 11) is 0. The number of carboxylic acids is 3. The summed E-state index contributed by atoms with van der Waals surface area (Å²) in [6.45, 7) is 1.13. The molecule has 1 aliphatic rings. The van der Waals surface area contributed by atoms with Gasteiger partial charge in [0.15, 0.2) is 0 Å². The molecule has 18 heavy (non-hydrogen) atoms. The number of aliphatic carboxylic acids is 3. The van der Waals surface area contributed by atoms with Crippen molar-refractivity contribution >= 4 is 23.7 Å². The topological polar surface area (TPSA) is 129 Å². The van der Waals surface area contributed by atoms with E-state index in [1.807, 2.05) is 0 Å². The van der Waals surface area contributed by atoms with Crippen LogP contribution < -0.4 is 0 Å². The Kier molecular flexibility index (Phi) is 3.65. The molecule has 1 unspecified atom stereocenters. The minimum absolute atomic E-state index is 0.398. The van der Waals surface area contributed by atoms with Gasteiger partial charge in [0.2, 0.25) is 0 Å². The summed E-state index contributed by atoms with van der Waals surface area (Å²) < 4.78 is 0. The van der Waals surface area contributed by atoms with Crippen LogP contribution in [-0.4, -0.2) is 39.0 Å². The molecular weight excluding hydrogens is 244 g/mol. The van der Waals surface area contributed by atoms with Crippen molar-refractivity contribution in [3.63, 3.8) is 0 Å². The van der Waals surface area contributed by atoms with E-state index in [-0.39, 0.29) is 0 Å². The second-order valence-electron chi connectivity index (χ2n) is 3.77. The number of hydrogen-bond acceptors (Lipinski definition) is 4. The van der Waals surface area contributed by atoms with E-state index in [9.17, 15) is 19.2 Å². The molecule has 0 radical (unpaired) electrons. The maximum atomic E-state index is 11.3. The predicted molar refractivity (Wildman–Crippen MR) is 56.8 cm³/mol. The highest BCUT2D eigenvalue weighted by atomic mass is 16.4. The summed E-state index contributed by atoms with van der Waals surface area (Å²) in [5.41, 5.74) is -1.46. The summed E-state index contributed by atoms with van der Waals surface area (Å²) in [4.78, 5) is 44.0. The second-order valence-corrected chi connectivity index (χ2v) is 3.77. The first-order valence-electron chi connectivity index (χ1n) is 4.90. The van der Waals surface area contributed by atoms with Crippen LogP contribution in [-0.2, 0) is 19.2 Å². The van der Waals surface area contributed by atoms with Gasteiger partial charge in [-0.15, -0.1) is 0 Å². The number of rotatable bonds is 4. The monoisotopic (exact) mass is 254 g/mol. The van der Waals surface area contributed by atoms with Crippen molar-refractivity contribution in [2.45, 2.75) is 13.3 Å². The molecular formula is C11H10O7. The summed E-state index contributed by atoms with van der Waals surface area (Å²) in [6.07, 6.45) is 0.314. The minimum Gasteiger partial charge on any atom is -0.478 e. The fourth-order valence-corrected chi connectivity index (χ4v) is 1.73. The van der Waals surface area contributed by atoms with Crippen LogP contribution >= 0.6 is 0 Å². The van der Waals surface area contributed by atoms with Gasteiger partial charge in [-0.3, -0.25) is 4.79 Å². The van der Waals surface area contributed by atoms with Gasteiger partial charge in [0.05, 0.1) is 17.1 Å². The van der Waals surface area contributed by atoms with E-state index in [2.05, 4.69) is 0 Å². The van der Waals surface area contributed by atoms with Crippen molar-refractivity contribution in [3.8, 4) is 0 Å². The molecule has 7 nitrogen and oxygen atoms in total. The second kappa shape index (κ2) is 4.82. The molecule has 0 aliphatic heterocycles. The summed E-state index contributed by atoms with van der Waals surface area (Å²) in [5, 5.41) is 26.6. The highest BCUT2D eigenvalue weighted by Crippen LogP contribution is 2.30. The zero-order valence-electron chi connectivity index (χ0n) is 9.34. The van der Waals surface area contributed by atoms with Crippen LogP contribution in [0.4, 0.5) is 0 Å². The van der Waals surface area contributed by atoms with Crippen molar-refractivity contribution in [3.05, 3.63) is 22.8 Å². The van der Waals surface area contributed by atoms with Gasteiger partial charge in [0.25, 0.3) is 0 Å². The standard InChI is InChI=1S/C11H10O7/c1-4(12)5-2-7(10(15)16)8(11(17)18)3-6(5)9(13)14/h3,5H,2H2,1H3,(H,13,14)(H,15,16)(H,17,18). The van der Waals surface area contributed by atoms with Crippen LogP contribution in [0.15, 0.2) is 22.8 Å². The zero-order chi connectivity index (χ0) is 14.0. The van der Waals surface area contributed by atoms with Gasteiger partial charge in [-0.2, -0.15) is 0 Å². The summed E-state index contributed by atoms with van der Waals surface area (Å²) in [5.74, 6) is -6.09. The third-order valence-corrected chi connectivity index (χ3v) is 2.63. The fraction of sp³-hybridized carbons (Fsp3) is 0.273. The maximum absolute atomic E-state index is 11.3. The lowest BCUT2D eigenvalue weighted by Crippen LogP contribution is -2.27. The molecule has 96 valence electrons. The largest absolute Gasteiger partial charge is 0.478 e. The molecule has 0 aromatic carbocycles. The van der Waals surface area contributed by atoms with Crippen LogP contribution in [0, 0.1) is 5.92 Å². The molecule has 0 aromatic heterocycles. The third kappa shape index (κ3) is 2.45. The molecule has 7 heteroatoms. The van der Waals surface area contributed by atoms with Crippen molar-refractivity contribution in [1.29, 1.82) is 0 Å². The smallest absolute Gasteiger partial charge is 0.336 e. The van der Waals surface area contributed by atoms with E-state index in [0.29, 0.717) is 0 Å². The van der Waals surface area contributed by atoms with Gasteiger partial charge < -0.3 is 15.3 Å². The highest BCUT2D eigenvalue weighted by molar-refractivity contribution is 6.06. The van der Waals surface area contributed by atoms with Crippen LogP contribution in [0.2, 0.25) is 0 Å². The fourth-order valence-electron chi connectivity index (χ4n) is 1.73. The van der Waals surface area contributed by atoms with E-state index in [1.54, 1.807) is 0 Å². The number of carbonyl (C=O) groups is 4. The Morgan fingerprint density at radius 2 is 1.61 bits per heavy atom. The minimum atomic E-state index is -1.53. The number of carboxylic acid groups (broad SMARTS) is 3. The molecule has 1 rings (SSSR count). The van der Waals surface area contributed by atoms with E-state index >= 15 is 0 Å². The number of carbonyl (C=O) groups excluding carboxylic acids is 1. The van der Waals surface area contributed by atoms with Crippen molar-refractivity contribution in [2.24, 2.45) is 5.92 Å². The molecule has 0 amide bonds. The SMILES string of the molecule is CC(=O)C1CC(C(=O)O)=C(C(=O)O)C=C1C(=O)O. The van der Waals surface area contributed by atoms with Crippen LogP contribution in [0.3, 0.4) is 0 Å². The quantitative estimate of drug-likeness (QED) is 0.647. The number of hydrogen-bond donors (Lipinski definition) is 3.